The van der Waals surface area contributed by atoms with Crippen molar-refractivity contribution in [2.75, 3.05) is 13.2 Å². The SMILES string of the molecule is CC(=O)CNC1=C2[C@H](CC[C@]3(C)[C@@H]4[C@@H](CC#C[C@@H]([C@@H]5COC(=O)[C@H]5c5cc[nH]c5)C[C@H](CCC(C)C)[C@@H](C)[C@H](C)C[C@@H](O)[C@]4(C)O)C[C@@]23O)[C@@]2(C)C[C@H](O)[C@H](O)C[C@H]2C1=O. The molecule has 0 aromatic carbocycles. The minimum absolute atomic E-state index is 0.0215. The first-order chi connectivity index (χ1) is 28.2. The third-order valence-corrected chi connectivity index (χ3v) is 17.4. The molecule has 1 aromatic heterocycles. The maximum absolute atomic E-state index is 14.7. The summed E-state index contributed by atoms with van der Waals surface area (Å²) in [5.74, 6) is 4.72. The van der Waals surface area contributed by atoms with Crippen LogP contribution in [0.3, 0.4) is 0 Å². The number of aromatic nitrogens is 1. The van der Waals surface area contributed by atoms with E-state index in [2.05, 4.69) is 49.8 Å². The number of H-pyrrole nitrogens is 1. The predicted molar refractivity (Wildman–Crippen MR) is 227 cm³/mol. The number of carbonyl (C=O) groups excluding carboxylic acids is 3. The highest BCUT2D eigenvalue weighted by atomic mass is 16.5. The second-order valence-electron chi connectivity index (χ2n) is 21.5. The van der Waals surface area contributed by atoms with Crippen molar-refractivity contribution in [2.45, 2.75) is 155 Å². The maximum Gasteiger partial charge on any atom is 0.313 e. The molecule has 1 aliphatic heterocycles. The van der Waals surface area contributed by atoms with Crippen LogP contribution in [0.25, 0.3) is 0 Å². The van der Waals surface area contributed by atoms with E-state index in [1.54, 1.807) is 6.92 Å². The Morgan fingerprint density at radius 1 is 1.03 bits per heavy atom. The summed E-state index contributed by atoms with van der Waals surface area (Å²) in [6.45, 7) is 16.2. The van der Waals surface area contributed by atoms with Crippen molar-refractivity contribution in [1.82, 2.24) is 10.3 Å². The van der Waals surface area contributed by atoms with Crippen LogP contribution >= 0.6 is 0 Å². The van der Waals surface area contributed by atoms with Gasteiger partial charge in [-0.3, -0.25) is 14.4 Å². The smallest absolute Gasteiger partial charge is 0.313 e. The van der Waals surface area contributed by atoms with E-state index in [9.17, 15) is 39.9 Å². The van der Waals surface area contributed by atoms with E-state index >= 15 is 0 Å². The van der Waals surface area contributed by atoms with Crippen molar-refractivity contribution in [3.05, 3.63) is 35.3 Å². The first kappa shape index (κ1) is 45.0. The molecule has 7 rings (SSSR count). The van der Waals surface area contributed by atoms with Crippen LogP contribution in [0.4, 0.5) is 0 Å². The molecule has 1 saturated heterocycles. The molecule has 0 spiro atoms. The maximum atomic E-state index is 14.7. The van der Waals surface area contributed by atoms with E-state index in [4.69, 9.17) is 4.74 Å². The Hall–Kier alpha value is -3.01. The Morgan fingerprint density at radius 3 is 2.43 bits per heavy atom. The number of carbonyl (C=O) groups is 3. The van der Waals surface area contributed by atoms with E-state index in [1.807, 2.05) is 32.3 Å². The van der Waals surface area contributed by atoms with Gasteiger partial charge in [0.1, 0.15) is 5.78 Å². The molecule has 0 amide bonds. The lowest BCUT2D eigenvalue weighted by Gasteiger charge is -2.61. The quantitative estimate of drug-likeness (QED) is 0.131. The second kappa shape index (κ2) is 16.6. The van der Waals surface area contributed by atoms with Crippen molar-refractivity contribution in [1.29, 1.82) is 0 Å². The lowest BCUT2D eigenvalue weighted by molar-refractivity contribution is -0.182. The van der Waals surface area contributed by atoms with Gasteiger partial charge < -0.3 is 40.6 Å². The number of nitrogens with one attached hydrogen (secondary N) is 2. The van der Waals surface area contributed by atoms with Gasteiger partial charge in [-0.05, 0) is 123 Å². The zero-order chi connectivity index (χ0) is 43.7. The van der Waals surface area contributed by atoms with E-state index < -0.39 is 64.0 Å². The van der Waals surface area contributed by atoms with E-state index in [1.165, 1.54) is 6.92 Å². The molecular weight excluding hydrogens is 761 g/mol. The molecular formula is C49H72N2O9. The van der Waals surface area contributed by atoms with Crippen molar-refractivity contribution in [3.8, 4) is 11.8 Å². The zero-order valence-corrected chi connectivity index (χ0v) is 37.2. The van der Waals surface area contributed by atoms with E-state index in [0.29, 0.717) is 37.2 Å². The van der Waals surface area contributed by atoms with Gasteiger partial charge in [-0.25, -0.2) is 0 Å². The molecule has 5 aliphatic carbocycles. The van der Waals surface area contributed by atoms with Crippen molar-refractivity contribution >= 4 is 17.5 Å². The van der Waals surface area contributed by atoms with E-state index in [0.717, 1.165) is 24.8 Å². The molecule has 332 valence electrons. The van der Waals surface area contributed by atoms with Gasteiger partial charge in [0.15, 0.2) is 5.78 Å². The topological polar surface area (TPSA) is 189 Å². The summed E-state index contributed by atoms with van der Waals surface area (Å²) in [5.41, 5.74) is -3.44. The third kappa shape index (κ3) is 7.52. The van der Waals surface area contributed by atoms with Crippen LogP contribution in [0.5, 0.6) is 0 Å². The van der Waals surface area contributed by atoms with Crippen LogP contribution in [0.15, 0.2) is 29.7 Å². The molecule has 2 heterocycles. The molecule has 1 aromatic rings. The number of aliphatic hydroxyl groups excluding tert-OH is 3. The highest BCUT2D eigenvalue weighted by Gasteiger charge is 2.72. The number of aromatic amines is 1. The molecule has 0 bridgehead atoms. The fraction of sp³-hybridized carbons (Fsp3) is 0.776. The summed E-state index contributed by atoms with van der Waals surface area (Å²) in [5, 5.41) is 63.9. The summed E-state index contributed by atoms with van der Waals surface area (Å²) in [6, 6.07) is 1.93. The Kier molecular flexibility index (Phi) is 12.5. The average molecular weight is 833 g/mol. The normalized spacial score (nSPS) is 45.8. The number of rotatable bonds is 8. The first-order valence-corrected chi connectivity index (χ1v) is 22.9. The minimum Gasteiger partial charge on any atom is -0.465 e. The van der Waals surface area contributed by atoms with Gasteiger partial charge in [0.2, 0.25) is 0 Å². The molecule has 11 heteroatoms. The van der Waals surface area contributed by atoms with Crippen LogP contribution in [-0.4, -0.2) is 90.7 Å². The van der Waals surface area contributed by atoms with Crippen LogP contribution in [0.1, 0.15) is 131 Å². The Bertz CT molecular complexity index is 1880. The summed E-state index contributed by atoms with van der Waals surface area (Å²) in [4.78, 5) is 43.6. The van der Waals surface area contributed by atoms with Crippen molar-refractivity contribution < 1.29 is 44.7 Å². The monoisotopic (exact) mass is 833 g/mol. The first-order valence-electron chi connectivity index (χ1n) is 22.9. The number of aliphatic hydroxyl groups is 5. The number of ketones is 2. The lowest BCUT2D eigenvalue weighted by atomic mass is 9.45. The molecule has 17 atom stereocenters. The third-order valence-electron chi connectivity index (χ3n) is 17.4. The van der Waals surface area contributed by atoms with Crippen LogP contribution in [0, 0.1) is 81.8 Å². The fourth-order valence-electron chi connectivity index (χ4n) is 13.8. The number of hydrogen-bond acceptors (Lipinski definition) is 10. The van der Waals surface area contributed by atoms with Gasteiger partial charge in [-0.2, -0.15) is 0 Å². The molecule has 6 aliphatic rings. The standard InChI is InChI=1S/C49H72N2O9/c1-26(2)12-13-30-19-31(34-25-60-45(57)40(34)33-15-17-50-24-33)10-9-11-32-21-49(59)41-35(14-16-47(49,7)44(32)48(8,58)39(55)18-27(3)29(30)5)46(6)22-38(54)37(53)20-36(46)43(56)42(41)51-23-28(4)52/h15,17,24,26-27,29-32,34-40,44,50-51,53-55,58-59H,11-14,16,18-23,25H2,1-8H3/t27-,29+,30+,31-,32+,34+,35+,36+,37-,38+,39-,40+,44+,46-,47-,48+,49-/m1/s1. The Morgan fingerprint density at radius 2 is 1.77 bits per heavy atom. The molecule has 0 radical (unpaired) electrons. The van der Waals surface area contributed by atoms with Gasteiger partial charge >= 0.3 is 5.97 Å². The number of allylic oxidation sites excluding steroid dienone is 1. The fourth-order valence-corrected chi connectivity index (χ4v) is 13.8. The Balaban J connectivity index is 1.35. The van der Waals surface area contributed by atoms with Gasteiger partial charge in [0, 0.05) is 47.9 Å². The van der Waals surface area contributed by atoms with Crippen LogP contribution < -0.4 is 5.32 Å². The molecule has 3 saturated carbocycles. The number of hydrogen-bond donors (Lipinski definition) is 7. The number of esters is 1. The molecule has 0 unspecified atom stereocenters. The molecule has 4 fully saturated rings. The summed E-state index contributed by atoms with van der Waals surface area (Å²) in [7, 11) is 0. The number of cyclic esters (lactones) is 1. The molecule has 60 heavy (non-hydrogen) atoms. The summed E-state index contributed by atoms with van der Waals surface area (Å²) in [6.07, 6.45) is 5.39. The van der Waals surface area contributed by atoms with Crippen LogP contribution in [0.2, 0.25) is 0 Å². The van der Waals surface area contributed by atoms with Gasteiger partial charge in [-0.15, -0.1) is 5.92 Å². The summed E-state index contributed by atoms with van der Waals surface area (Å²) < 4.78 is 5.78. The highest BCUT2D eigenvalue weighted by Crippen LogP contribution is 2.71. The second-order valence-corrected chi connectivity index (χ2v) is 21.5. The van der Waals surface area contributed by atoms with Gasteiger partial charge in [-0.1, -0.05) is 53.9 Å². The minimum atomic E-state index is -1.65. The lowest BCUT2D eigenvalue weighted by Crippen LogP contribution is -2.64. The van der Waals surface area contributed by atoms with Crippen LogP contribution in [-0.2, 0) is 19.1 Å². The zero-order valence-electron chi connectivity index (χ0n) is 37.2. The average Bonchev–Trinajstić information content (AvgIpc) is 3.89. The molecule has 7 N–H and O–H groups in total. The predicted octanol–water partition coefficient (Wildman–Crippen LogP) is 5.45. The van der Waals surface area contributed by atoms with Gasteiger partial charge in [0.25, 0.3) is 0 Å². The van der Waals surface area contributed by atoms with E-state index in [-0.39, 0.29) is 91.2 Å². The van der Waals surface area contributed by atoms with Crippen molar-refractivity contribution in [2.24, 2.45) is 70.0 Å². The highest BCUT2D eigenvalue weighted by molar-refractivity contribution is 6.00. The molecule has 11 nitrogen and oxygen atoms in total. The largest absolute Gasteiger partial charge is 0.465 e. The Labute approximate surface area is 356 Å². The van der Waals surface area contributed by atoms with Gasteiger partial charge in [0.05, 0.1) is 54.3 Å². The van der Waals surface area contributed by atoms with Crippen molar-refractivity contribution in [3.63, 3.8) is 0 Å². The number of ether oxygens (including phenoxy) is 1. The number of fused-ring (bicyclic) bond motifs is 7. The summed E-state index contributed by atoms with van der Waals surface area (Å²) >= 11 is 0. The number of Topliss-reactive ketones (excluding diaryl/α,β-unsaturated/α-hetero) is 2.